The van der Waals surface area contributed by atoms with Crippen molar-refractivity contribution in [2.45, 2.75) is 0 Å². The lowest BCUT2D eigenvalue weighted by Crippen LogP contribution is -2.30. The topological polar surface area (TPSA) is 95.2 Å². The number of hydrogen-bond donors (Lipinski definition) is 2. The molecular formula is C9H9N2O3-. The van der Waals surface area contributed by atoms with Crippen LogP contribution in [-0.4, -0.2) is 18.4 Å². The van der Waals surface area contributed by atoms with Crippen molar-refractivity contribution in [3.8, 4) is 0 Å². The van der Waals surface area contributed by atoms with Crippen LogP contribution in [0.5, 0.6) is 0 Å². The van der Waals surface area contributed by atoms with E-state index in [0.717, 1.165) is 0 Å². The van der Waals surface area contributed by atoms with Gasteiger partial charge in [-0.3, -0.25) is 4.79 Å². The molecule has 1 aromatic carbocycles. The Kier molecular flexibility index (Phi) is 3.06. The molecule has 0 aliphatic rings. The maximum Gasteiger partial charge on any atom is 0.248 e. The molecule has 5 heteroatoms. The van der Waals surface area contributed by atoms with Crippen molar-refractivity contribution < 1.29 is 14.7 Å². The molecule has 0 saturated heterocycles. The van der Waals surface area contributed by atoms with Gasteiger partial charge in [0.25, 0.3) is 0 Å². The van der Waals surface area contributed by atoms with E-state index in [1.165, 1.54) is 12.1 Å². The molecule has 0 heterocycles. The average Bonchev–Trinajstić information content (AvgIpc) is 2.15. The third-order valence-corrected chi connectivity index (χ3v) is 1.61. The third kappa shape index (κ3) is 2.78. The van der Waals surface area contributed by atoms with Crippen LogP contribution in [-0.2, 0) is 4.79 Å². The van der Waals surface area contributed by atoms with Crippen LogP contribution in [0.2, 0.25) is 0 Å². The van der Waals surface area contributed by atoms with E-state index in [-0.39, 0.29) is 6.54 Å². The SMILES string of the molecule is NC(=O)c1ccc(NCC(=O)[O-])cc1. The number of carbonyl (C=O) groups is 2. The number of hydrogen-bond acceptors (Lipinski definition) is 4. The van der Waals surface area contributed by atoms with Gasteiger partial charge in [-0.25, -0.2) is 0 Å². The zero-order valence-electron chi connectivity index (χ0n) is 7.32. The average molecular weight is 193 g/mol. The lowest BCUT2D eigenvalue weighted by atomic mass is 10.2. The molecule has 0 saturated carbocycles. The quantitative estimate of drug-likeness (QED) is 0.637. The van der Waals surface area contributed by atoms with Gasteiger partial charge in [0.15, 0.2) is 0 Å². The number of rotatable bonds is 4. The van der Waals surface area contributed by atoms with Crippen LogP contribution in [0.3, 0.4) is 0 Å². The Morgan fingerprint density at radius 1 is 1.29 bits per heavy atom. The van der Waals surface area contributed by atoms with Gasteiger partial charge in [-0.15, -0.1) is 0 Å². The van der Waals surface area contributed by atoms with Crippen molar-refractivity contribution in [3.05, 3.63) is 29.8 Å². The first-order valence-electron chi connectivity index (χ1n) is 3.93. The van der Waals surface area contributed by atoms with Crippen molar-refractivity contribution in [1.29, 1.82) is 0 Å². The van der Waals surface area contributed by atoms with Crippen molar-refractivity contribution in [3.63, 3.8) is 0 Å². The molecular weight excluding hydrogens is 184 g/mol. The molecule has 1 aromatic rings. The summed E-state index contributed by atoms with van der Waals surface area (Å²) in [5.41, 5.74) is 6.00. The number of carbonyl (C=O) groups excluding carboxylic acids is 2. The summed E-state index contributed by atoms with van der Waals surface area (Å²) in [6, 6.07) is 6.17. The summed E-state index contributed by atoms with van der Waals surface area (Å²) in [6.45, 7) is -0.268. The summed E-state index contributed by atoms with van der Waals surface area (Å²) in [4.78, 5) is 20.8. The second-order valence-electron chi connectivity index (χ2n) is 2.67. The second-order valence-corrected chi connectivity index (χ2v) is 2.67. The summed E-state index contributed by atoms with van der Waals surface area (Å²) in [5, 5.41) is 12.7. The van der Waals surface area contributed by atoms with Gasteiger partial charge in [0.2, 0.25) is 5.91 Å². The smallest absolute Gasteiger partial charge is 0.248 e. The fourth-order valence-corrected chi connectivity index (χ4v) is 0.927. The van der Waals surface area contributed by atoms with Gasteiger partial charge < -0.3 is 21.0 Å². The largest absolute Gasteiger partial charge is 0.548 e. The first kappa shape index (κ1) is 10.0. The number of anilines is 1. The molecule has 0 fully saturated rings. The second kappa shape index (κ2) is 4.27. The Labute approximate surface area is 80.5 Å². The van der Waals surface area contributed by atoms with Crippen LogP contribution in [0.4, 0.5) is 5.69 Å². The number of amides is 1. The van der Waals surface area contributed by atoms with Crippen molar-refractivity contribution in [2.75, 3.05) is 11.9 Å². The number of primary amides is 1. The van der Waals surface area contributed by atoms with Crippen LogP contribution in [0.15, 0.2) is 24.3 Å². The summed E-state index contributed by atoms with van der Waals surface area (Å²) in [6.07, 6.45) is 0. The lowest BCUT2D eigenvalue weighted by Gasteiger charge is -2.06. The van der Waals surface area contributed by atoms with Gasteiger partial charge in [0.1, 0.15) is 0 Å². The minimum Gasteiger partial charge on any atom is -0.548 e. The van der Waals surface area contributed by atoms with E-state index in [1.807, 2.05) is 0 Å². The summed E-state index contributed by atoms with van der Waals surface area (Å²) >= 11 is 0. The molecule has 3 N–H and O–H groups in total. The van der Waals surface area contributed by atoms with E-state index < -0.39 is 11.9 Å². The molecule has 0 radical (unpaired) electrons. The van der Waals surface area contributed by atoms with E-state index in [1.54, 1.807) is 12.1 Å². The first-order chi connectivity index (χ1) is 6.59. The van der Waals surface area contributed by atoms with Gasteiger partial charge in [0.05, 0.1) is 12.5 Å². The third-order valence-electron chi connectivity index (χ3n) is 1.61. The van der Waals surface area contributed by atoms with E-state index in [0.29, 0.717) is 11.3 Å². The van der Waals surface area contributed by atoms with Crippen LogP contribution in [0, 0.1) is 0 Å². The normalized spacial score (nSPS) is 9.43. The summed E-state index contributed by atoms with van der Waals surface area (Å²) in [7, 11) is 0. The maximum atomic E-state index is 10.7. The maximum absolute atomic E-state index is 10.7. The highest BCUT2D eigenvalue weighted by atomic mass is 16.4. The number of nitrogens with two attached hydrogens (primary N) is 1. The fourth-order valence-electron chi connectivity index (χ4n) is 0.927. The summed E-state index contributed by atoms with van der Waals surface area (Å²) < 4.78 is 0. The number of nitrogens with one attached hydrogen (secondary N) is 1. The van der Waals surface area contributed by atoms with Crippen molar-refractivity contribution in [2.24, 2.45) is 5.73 Å². The van der Waals surface area contributed by atoms with Crippen LogP contribution >= 0.6 is 0 Å². The first-order valence-corrected chi connectivity index (χ1v) is 3.93. The van der Waals surface area contributed by atoms with E-state index in [2.05, 4.69) is 5.32 Å². The number of carboxylic acid groups (broad SMARTS) is 1. The molecule has 0 aliphatic carbocycles. The Balaban J connectivity index is 2.64. The van der Waals surface area contributed by atoms with Crippen LogP contribution < -0.4 is 16.2 Å². The van der Waals surface area contributed by atoms with E-state index in [9.17, 15) is 14.7 Å². The molecule has 5 nitrogen and oxygen atoms in total. The minimum absolute atomic E-state index is 0.268. The molecule has 0 aliphatic heterocycles. The molecule has 0 aromatic heterocycles. The molecule has 0 atom stereocenters. The predicted octanol–water partition coefficient (Wildman–Crippen LogP) is -1.05. The van der Waals surface area contributed by atoms with Gasteiger partial charge >= 0.3 is 0 Å². The molecule has 74 valence electrons. The van der Waals surface area contributed by atoms with Crippen molar-refractivity contribution in [1.82, 2.24) is 0 Å². The molecule has 14 heavy (non-hydrogen) atoms. The zero-order valence-corrected chi connectivity index (χ0v) is 7.32. The fraction of sp³-hybridized carbons (Fsp3) is 0.111. The molecule has 1 amide bonds. The highest BCUT2D eigenvalue weighted by molar-refractivity contribution is 5.93. The van der Waals surface area contributed by atoms with Gasteiger partial charge in [-0.2, -0.15) is 0 Å². The van der Waals surface area contributed by atoms with Gasteiger partial charge in [0, 0.05) is 11.3 Å². The molecule has 1 rings (SSSR count). The Hall–Kier alpha value is -2.04. The Bertz CT molecular complexity index is 346. The number of carboxylic acids is 1. The molecule has 0 spiro atoms. The Morgan fingerprint density at radius 3 is 2.29 bits per heavy atom. The van der Waals surface area contributed by atoms with Crippen LogP contribution in [0.1, 0.15) is 10.4 Å². The van der Waals surface area contributed by atoms with E-state index in [4.69, 9.17) is 5.73 Å². The lowest BCUT2D eigenvalue weighted by molar-refractivity contribution is -0.302. The minimum atomic E-state index is -1.19. The van der Waals surface area contributed by atoms with Gasteiger partial charge in [-0.1, -0.05) is 0 Å². The molecule has 0 unspecified atom stereocenters. The standard InChI is InChI=1S/C9H10N2O3/c10-9(14)6-1-3-7(4-2-6)11-5-8(12)13/h1-4,11H,5H2,(H2,10,14)(H,12,13)/p-1. The van der Waals surface area contributed by atoms with Crippen molar-refractivity contribution >= 4 is 17.6 Å². The monoisotopic (exact) mass is 193 g/mol. The van der Waals surface area contributed by atoms with E-state index >= 15 is 0 Å². The highest BCUT2D eigenvalue weighted by Gasteiger charge is 1.98. The zero-order chi connectivity index (χ0) is 10.6. The number of benzene rings is 1. The number of aliphatic carboxylic acids is 1. The summed E-state index contributed by atoms with van der Waals surface area (Å²) in [5.74, 6) is -1.71. The Morgan fingerprint density at radius 2 is 1.86 bits per heavy atom. The highest BCUT2D eigenvalue weighted by Crippen LogP contribution is 2.08. The predicted molar refractivity (Wildman–Crippen MR) is 48.5 cm³/mol. The molecule has 0 bridgehead atoms. The van der Waals surface area contributed by atoms with Crippen LogP contribution in [0.25, 0.3) is 0 Å². The van der Waals surface area contributed by atoms with Gasteiger partial charge in [-0.05, 0) is 24.3 Å².